The first-order valence-corrected chi connectivity index (χ1v) is 6.38. The number of carbonyl (C=O) groups is 2. The molecule has 1 rings (SSSR count). The number of aromatic nitrogens is 2. The molecule has 0 aliphatic rings. The summed E-state index contributed by atoms with van der Waals surface area (Å²) >= 11 is 0. The second-order valence-electron chi connectivity index (χ2n) is 4.73. The first-order valence-electron chi connectivity index (χ1n) is 6.38. The Balaban J connectivity index is 2.34. The van der Waals surface area contributed by atoms with E-state index in [0.717, 1.165) is 13.0 Å². The molecule has 0 spiro atoms. The van der Waals surface area contributed by atoms with Gasteiger partial charge in [-0.05, 0) is 27.1 Å². The predicted molar refractivity (Wildman–Crippen MR) is 73.4 cm³/mol. The van der Waals surface area contributed by atoms with Gasteiger partial charge in [-0.3, -0.25) is 0 Å². The van der Waals surface area contributed by atoms with Crippen LogP contribution in [0.1, 0.15) is 12.1 Å². The number of carboxylic acids is 1. The van der Waals surface area contributed by atoms with E-state index in [0.29, 0.717) is 12.2 Å². The van der Waals surface area contributed by atoms with E-state index in [-0.39, 0.29) is 6.42 Å². The quantitative estimate of drug-likeness (QED) is 0.488. The number of H-pyrrole nitrogens is 1. The summed E-state index contributed by atoms with van der Waals surface area (Å²) in [6.07, 6.45) is 3.97. The number of carboxylic acid groups (broad SMARTS) is 1. The third-order valence-corrected chi connectivity index (χ3v) is 2.65. The van der Waals surface area contributed by atoms with Gasteiger partial charge >= 0.3 is 12.0 Å². The number of hydrogen-bond donors (Lipinski definition) is 4. The Hall–Kier alpha value is -2.09. The number of hydrogen-bond acceptors (Lipinski definition) is 4. The van der Waals surface area contributed by atoms with E-state index in [2.05, 4.69) is 20.6 Å². The Morgan fingerprint density at radius 3 is 2.80 bits per heavy atom. The van der Waals surface area contributed by atoms with Crippen molar-refractivity contribution in [2.24, 2.45) is 0 Å². The summed E-state index contributed by atoms with van der Waals surface area (Å²) in [6.45, 7) is 1.36. The summed E-state index contributed by atoms with van der Waals surface area (Å²) < 4.78 is 0. The monoisotopic (exact) mass is 283 g/mol. The fourth-order valence-electron chi connectivity index (χ4n) is 1.62. The van der Waals surface area contributed by atoms with Gasteiger partial charge in [0.05, 0.1) is 6.33 Å². The minimum absolute atomic E-state index is 0.167. The van der Waals surface area contributed by atoms with Crippen LogP contribution in [0, 0.1) is 0 Å². The van der Waals surface area contributed by atoms with Crippen molar-refractivity contribution in [2.75, 3.05) is 27.2 Å². The lowest BCUT2D eigenvalue weighted by Gasteiger charge is -2.15. The molecule has 0 bridgehead atoms. The molecule has 8 nitrogen and oxygen atoms in total. The number of aromatic amines is 1. The van der Waals surface area contributed by atoms with Crippen molar-refractivity contribution in [2.45, 2.75) is 18.9 Å². The first kappa shape index (κ1) is 16.0. The molecule has 1 unspecified atom stereocenters. The van der Waals surface area contributed by atoms with Gasteiger partial charge in [-0.1, -0.05) is 0 Å². The third-order valence-electron chi connectivity index (χ3n) is 2.65. The maximum atomic E-state index is 11.6. The number of carbonyl (C=O) groups excluding carboxylic acids is 1. The van der Waals surface area contributed by atoms with Crippen LogP contribution in [0.4, 0.5) is 4.79 Å². The SMILES string of the molecule is CN(C)CCCNC(=O)NC(Cc1cnc[nH]1)C(=O)O. The average Bonchev–Trinajstić information content (AvgIpc) is 2.86. The zero-order valence-corrected chi connectivity index (χ0v) is 11.7. The summed E-state index contributed by atoms with van der Waals surface area (Å²) in [7, 11) is 3.90. The maximum absolute atomic E-state index is 11.6. The smallest absolute Gasteiger partial charge is 0.326 e. The van der Waals surface area contributed by atoms with Gasteiger partial charge in [0, 0.05) is 24.9 Å². The first-order chi connectivity index (χ1) is 9.49. The summed E-state index contributed by atoms with van der Waals surface area (Å²) in [5.41, 5.74) is 0.658. The molecular weight excluding hydrogens is 262 g/mol. The van der Waals surface area contributed by atoms with E-state index in [4.69, 9.17) is 5.11 Å². The standard InChI is InChI=1S/C12H21N5O3/c1-17(2)5-3-4-14-12(20)16-10(11(18)19)6-9-7-13-8-15-9/h7-8,10H,3-6H2,1-2H3,(H,13,15)(H,18,19)(H2,14,16,20). The number of rotatable bonds is 8. The Bertz CT molecular complexity index is 419. The zero-order chi connectivity index (χ0) is 15.0. The molecule has 1 aromatic heterocycles. The van der Waals surface area contributed by atoms with E-state index < -0.39 is 18.0 Å². The second kappa shape index (κ2) is 8.16. The molecule has 8 heteroatoms. The van der Waals surface area contributed by atoms with Crippen molar-refractivity contribution >= 4 is 12.0 Å². The fourth-order valence-corrected chi connectivity index (χ4v) is 1.62. The van der Waals surface area contributed by atoms with Gasteiger partial charge in [0.25, 0.3) is 0 Å². The van der Waals surface area contributed by atoms with Crippen LogP contribution >= 0.6 is 0 Å². The molecule has 20 heavy (non-hydrogen) atoms. The van der Waals surface area contributed by atoms with Crippen molar-refractivity contribution < 1.29 is 14.7 Å². The van der Waals surface area contributed by atoms with E-state index in [1.807, 2.05) is 19.0 Å². The van der Waals surface area contributed by atoms with Crippen LogP contribution < -0.4 is 10.6 Å². The Morgan fingerprint density at radius 1 is 1.50 bits per heavy atom. The molecule has 0 radical (unpaired) electrons. The Morgan fingerprint density at radius 2 is 2.25 bits per heavy atom. The molecule has 0 aliphatic heterocycles. The minimum Gasteiger partial charge on any atom is -0.480 e. The van der Waals surface area contributed by atoms with Gasteiger partial charge in [0.1, 0.15) is 6.04 Å². The van der Waals surface area contributed by atoms with Gasteiger partial charge in [-0.15, -0.1) is 0 Å². The van der Waals surface area contributed by atoms with Crippen molar-refractivity contribution in [3.63, 3.8) is 0 Å². The lowest BCUT2D eigenvalue weighted by atomic mass is 10.2. The molecule has 0 saturated heterocycles. The van der Waals surface area contributed by atoms with Crippen LogP contribution in [-0.2, 0) is 11.2 Å². The number of nitrogens with one attached hydrogen (secondary N) is 3. The predicted octanol–water partition coefficient (Wildman–Crippen LogP) is -0.344. The molecule has 1 aromatic rings. The number of aliphatic carboxylic acids is 1. The van der Waals surface area contributed by atoms with Crippen LogP contribution in [0.3, 0.4) is 0 Å². The Kier molecular flexibility index (Phi) is 6.51. The summed E-state index contributed by atoms with van der Waals surface area (Å²) in [6, 6.07) is -1.46. The highest BCUT2D eigenvalue weighted by Gasteiger charge is 2.20. The largest absolute Gasteiger partial charge is 0.480 e. The molecule has 1 heterocycles. The maximum Gasteiger partial charge on any atom is 0.326 e. The molecule has 0 saturated carbocycles. The minimum atomic E-state index is -1.08. The number of amides is 2. The van der Waals surface area contributed by atoms with E-state index in [1.54, 1.807) is 0 Å². The highest BCUT2D eigenvalue weighted by Crippen LogP contribution is 1.98. The van der Waals surface area contributed by atoms with Gasteiger partial charge in [-0.2, -0.15) is 0 Å². The van der Waals surface area contributed by atoms with Crippen LogP contribution in [0.5, 0.6) is 0 Å². The summed E-state index contributed by atoms with van der Waals surface area (Å²) in [5, 5.41) is 14.2. The van der Waals surface area contributed by atoms with Crippen molar-refractivity contribution in [3.8, 4) is 0 Å². The Labute approximate surface area is 117 Å². The highest BCUT2D eigenvalue weighted by molar-refractivity contribution is 5.82. The lowest BCUT2D eigenvalue weighted by Crippen LogP contribution is -2.47. The molecule has 112 valence electrons. The van der Waals surface area contributed by atoms with E-state index in [1.165, 1.54) is 12.5 Å². The number of nitrogens with zero attached hydrogens (tertiary/aromatic N) is 2. The summed E-state index contributed by atoms with van der Waals surface area (Å²) in [5.74, 6) is -1.08. The van der Waals surface area contributed by atoms with E-state index >= 15 is 0 Å². The van der Waals surface area contributed by atoms with Crippen LogP contribution in [0.15, 0.2) is 12.5 Å². The third kappa shape index (κ3) is 6.19. The van der Waals surface area contributed by atoms with Crippen LogP contribution in [0.2, 0.25) is 0 Å². The molecule has 0 aromatic carbocycles. The summed E-state index contributed by atoms with van der Waals surface area (Å²) in [4.78, 5) is 31.3. The second-order valence-corrected chi connectivity index (χ2v) is 4.73. The zero-order valence-electron chi connectivity index (χ0n) is 11.7. The lowest BCUT2D eigenvalue weighted by molar-refractivity contribution is -0.139. The average molecular weight is 283 g/mol. The van der Waals surface area contributed by atoms with E-state index in [9.17, 15) is 9.59 Å². The number of imidazole rings is 1. The highest BCUT2D eigenvalue weighted by atomic mass is 16.4. The fraction of sp³-hybridized carbons (Fsp3) is 0.583. The molecule has 0 aliphatic carbocycles. The molecule has 0 fully saturated rings. The van der Waals surface area contributed by atoms with Gasteiger partial charge in [0.15, 0.2) is 0 Å². The van der Waals surface area contributed by atoms with Crippen molar-refractivity contribution in [1.82, 2.24) is 25.5 Å². The van der Waals surface area contributed by atoms with Gasteiger partial charge in [-0.25, -0.2) is 14.6 Å². The molecule has 2 amide bonds. The topological polar surface area (TPSA) is 110 Å². The van der Waals surface area contributed by atoms with Crippen LogP contribution in [0.25, 0.3) is 0 Å². The molecule has 1 atom stereocenters. The van der Waals surface area contributed by atoms with Gasteiger partial charge < -0.3 is 25.6 Å². The van der Waals surface area contributed by atoms with Gasteiger partial charge in [0.2, 0.25) is 0 Å². The normalized spacial score (nSPS) is 12.2. The van der Waals surface area contributed by atoms with Crippen molar-refractivity contribution in [1.29, 1.82) is 0 Å². The molecular formula is C12H21N5O3. The number of urea groups is 1. The molecule has 4 N–H and O–H groups in total. The van der Waals surface area contributed by atoms with Crippen LogP contribution in [-0.4, -0.2) is 65.2 Å². The van der Waals surface area contributed by atoms with Crippen molar-refractivity contribution in [3.05, 3.63) is 18.2 Å².